The monoisotopic (exact) mass is 478 g/mol. The molecule has 6 nitrogen and oxygen atoms in total. The van der Waals surface area contributed by atoms with Crippen molar-refractivity contribution in [1.82, 2.24) is 14.9 Å². The van der Waals surface area contributed by atoms with Crippen molar-refractivity contribution in [3.05, 3.63) is 70.5 Å². The van der Waals surface area contributed by atoms with E-state index < -0.39 is 5.60 Å². The Hall–Kier alpha value is -3.12. The molecule has 4 rings (SSSR count). The Morgan fingerprint density at radius 2 is 1.97 bits per heavy atom. The van der Waals surface area contributed by atoms with Crippen LogP contribution in [0.1, 0.15) is 57.1 Å². The van der Waals surface area contributed by atoms with Crippen molar-refractivity contribution in [2.24, 2.45) is 0 Å². The molecule has 0 saturated heterocycles. The van der Waals surface area contributed by atoms with Crippen molar-refractivity contribution in [3.63, 3.8) is 0 Å². The normalized spacial score (nSPS) is 15.1. The highest BCUT2D eigenvalue weighted by Crippen LogP contribution is 2.30. The Morgan fingerprint density at radius 1 is 1.18 bits per heavy atom. The second-order valence-corrected chi connectivity index (χ2v) is 10.1. The number of anilines is 1. The van der Waals surface area contributed by atoms with Crippen molar-refractivity contribution in [1.29, 1.82) is 0 Å². The zero-order valence-electron chi connectivity index (χ0n) is 20.4. The van der Waals surface area contributed by atoms with Gasteiger partial charge in [-0.15, -0.1) is 0 Å². The van der Waals surface area contributed by atoms with Crippen LogP contribution in [0.25, 0.3) is 16.5 Å². The van der Waals surface area contributed by atoms with E-state index in [-0.39, 0.29) is 12.1 Å². The van der Waals surface area contributed by atoms with E-state index in [0.29, 0.717) is 23.9 Å². The van der Waals surface area contributed by atoms with Gasteiger partial charge in [0.15, 0.2) is 0 Å². The summed E-state index contributed by atoms with van der Waals surface area (Å²) >= 11 is 6.19. The number of ether oxygens (including phenoxy) is 1. The maximum Gasteiger partial charge on any atom is 0.410 e. The molecule has 1 aliphatic rings. The third kappa shape index (κ3) is 5.68. The number of nitrogens with one attached hydrogen (secondary N) is 1. The highest BCUT2D eigenvalue weighted by atomic mass is 35.5. The third-order valence-corrected chi connectivity index (χ3v) is 5.98. The molecule has 1 aromatic heterocycles. The molecule has 0 fully saturated rings. The lowest BCUT2D eigenvalue weighted by molar-refractivity contribution is 0.0270. The SMILES string of the molecule is Cc1nc(N[C@H](C)c2cccc(Cl)c2)c2cc(C3=CCN(C(=O)OC(C)(C)C)CC3)ccc2n1. The number of hydrogen-bond donors (Lipinski definition) is 1. The summed E-state index contributed by atoms with van der Waals surface area (Å²) in [6, 6.07) is 14.1. The maximum absolute atomic E-state index is 12.4. The first kappa shape index (κ1) is 24.0. The van der Waals surface area contributed by atoms with Crippen LogP contribution in [0, 0.1) is 6.92 Å². The molecule has 0 spiro atoms. The quantitative estimate of drug-likeness (QED) is 0.447. The molecule has 1 N–H and O–H groups in total. The number of carbonyl (C=O) groups is 1. The first-order chi connectivity index (χ1) is 16.1. The summed E-state index contributed by atoms with van der Waals surface area (Å²) in [6.07, 6.45) is 2.59. The average Bonchev–Trinajstić information content (AvgIpc) is 2.78. The lowest BCUT2D eigenvalue weighted by Gasteiger charge is -2.29. The number of aromatic nitrogens is 2. The molecule has 34 heavy (non-hydrogen) atoms. The van der Waals surface area contributed by atoms with E-state index in [1.165, 1.54) is 5.57 Å². The Labute approximate surface area is 206 Å². The van der Waals surface area contributed by atoms with Crippen molar-refractivity contribution in [2.75, 3.05) is 18.4 Å². The van der Waals surface area contributed by atoms with Gasteiger partial charge in [-0.25, -0.2) is 14.8 Å². The van der Waals surface area contributed by atoms with Crippen LogP contribution in [0.3, 0.4) is 0 Å². The van der Waals surface area contributed by atoms with Crippen LogP contribution in [0.2, 0.25) is 5.02 Å². The van der Waals surface area contributed by atoms with E-state index in [1.54, 1.807) is 4.90 Å². The summed E-state index contributed by atoms with van der Waals surface area (Å²) in [4.78, 5) is 23.5. The van der Waals surface area contributed by atoms with Gasteiger partial charge in [0.2, 0.25) is 0 Å². The summed E-state index contributed by atoms with van der Waals surface area (Å²) < 4.78 is 5.51. The smallest absolute Gasteiger partial charge is 0.410 e. The summed E-state index contributed by atoms with van der Waals surface area (Å²) in [5.41, 5.74) is 3.80. The number of carbonyl (C=O) groups excluding carboxylic acids is 1. The largest absolute Gasteiger partial charge is 0.444 e. The number of benzene rings is 2. The van der Waals surface area contributed by atoms with Crippen molar-refractivity contribution < 1.29 is 9.53 Å². The number of nitrogens with zero attached hydrogens (tertiary/aromatic N) is 3. The zero-order chi connectivity index (χ0) is 24.5. The summed E-state index contributed by atoms with van der Waals surface area (Å²) in [7, 11) is 0. The third-order valence-electron chi connectivity index (χ3n) is 5.74. The van der Waals surface area contributed by atoms with Gasteiger partial charge in [0.1, 0.15) is 17.2 Å². The van der Waals surface area contributed by atoms with Gasteiger partial charge in [-0.3, -0.25) is 0 Å². The van der Waals surface area contributed by atoms with Crippen LogP contribution in [-0.2, 0) is 4.74 Å². The Bertz CT molecular complexity index is 1250. The number of halogens is 1. The Morgan fingerprint density at radius 3 is 2.65 bits per heavy atom. The van der Waals surface area contributed by atoms with Gasteiger partial charge in [0.25, 0.3) is 0 Å². The van der Waals surface area contributed by atoms with E-state index in [4.69, 9.17) is 21.3 Å². The molecule has 1 aliphatic heterocycles. The van der Waals surface area contributed by atoms with Gasteiger partial charge < -0.3 is 15.0 Å². The number of amides is 1. The molecule has 0 unspecified atom stereocenters. The van der Waals surface area contributed by atoms with E-state index in [2.05, 4.69) is 41.5 Å². The Kier molecular flexibility index (Phi) is 6.80. The molecule has 1 atom stereocenters. The number of aryl methyl sites for hydroxylation is 1. The highest BCUT2D eigenvalue weighted by molar-refractivity contribution is 6.30. The predicted molar refractivity (Wildman–Crippen MR) is 138 cm³/mol. The van der Waals surface area contributed by atoms with Crippen LogP contribution < -0.4 is 5.32 Å². The Balaban J connectivity index is 1.59. The predicted octanol–water partition coefficient (Wildman–Crippen LogP) is 6.79. The van der Waals surface area contributed by atoms with Gasteiger partial charge in [-0.1, -0.05) is 35.9 Å². The minimum atomic E-state index is -0.497. The van der Waals surface area contributed by atoms with Gasteiger partial charge >= 0.3 is 6.09 Å². The number of rotatable bonds is 4. The van der Waals surface area contributed by atoms with E-state index >= 15 is 0 Å². The molecule has 0 bridgehead atoms. The van der Waals surface area contributed by atoms with Crippen LogP contribution in [0.5, 0.6) is 0 Å². The van der Waals surface area contributed by atoms with Crippen molar-refractivity contribution >= 4 is 40.0 Å². The first-order valence-corrected chi connectivity index (χ1v) is 11.9. The maximum atomic E-state index is 12.4. The molecule has 1 amide bonds. The standard InChI is InChI=1S/C27H31ClN4O2/c1-17(20-7-6-8-22(28)15-20)29-25-23-16-21(9-10-24(23)30-18(2)31-25)19-11-13-32(14-12-19)26(33)34-27(3,4)5/h6-11,15-17H,12-14H2,1-5H3,(H,29,30,31)/t17-/m1/s1. The fraction of sp³-hybridized carbons (Fsp3) is 0.370. The zero-order valence-corrected chi connectivity index (χ0v) is 21.1. The van der Waals surface area contributed by atoms with Crippen LogP contribution in [0.15, 0.2) is 48.5 Å². The fourth-order valence-corrected chi connectivity index (χ4v) is 4.24. The molecule has 3 aromatic rings. The minimum Gasteiger partial charge on any atom is -0.444 e. The molecule has 0 radical (unpaired) electrons. The van der Waals surface area contributed by atoms with Crippen molar-refractivity contribution in [2.45, 2.75) is 52.7 Å². The number of hydrogen-bond acceptors (Lipinski definition) is 5. The van der Waals surface area contributed by atoms with Crippen LogP contribution in [0.4, 0.5) is 10.6 Å². The second-order valence-electron chi connectivity index (χ2n) is 9.68. The van der Waals surface area contributed by atoms with Gasteiger partial charge in [-0.2, -0.15) is 0 Å². The van der Waals surface area contributed by atoms with Crippen molar-refractivity contribution in [3.8, 4) is 0 Å². The molecular weight excluding hydrogens is 448 g/mol. The summed E-state index contributed by atoms with van der Waals surface area (Å²) in [6.45, 7) is 10.8. The van der Waals surface area contributed by atoms with Gasteiger partial charge in [0.05, 0.1) is 11.6 Å². The van der Waals surface area contributed by atoms with Crippen LogP contribution >= 0.6 is 11.6 Å². The lowest BCUT2D eigenvalue weighted by atomic mass is 9.98. The molecule has 0 saturated carbocycles. The molecule has 2 heterocycles. The van der Waals surface area contributed by atoms with Crippen LogP contribution in [-0.4, -0.2) is 39.7 Å². The lowest BCUT2D eigenvalue weighted by Crippen LogP contribution is -2.39. The number of fused-ring (bicyclic) bond motifs is 1. The average molecular weight is 479 g/mol. The van der Waals surface area contributed by atoms with E-state index in [1.807, 2.05) is 52.0 Å². The molecule has 0 aliphatic carbocycles. The van der Waals surface area contributed by atoms with E-state index in [0.717, 1.165) is 34.3 Å². The fourth-order valence-electron chi connectivity index (χ4n) is 4.04. The van der Waals surface area contributed by atoms with E-state index in [9.17, 15) is 4.79 Å². The second kappa shape index (κ2) is 9.63. The summed E-state index contributed by atoms with van der Waals surface area (Å²) in [5.74, 6) is 1.51. The highest BCUT2D eigenvalue weighted by Gasteiger charge is 2.24. The molecule has 178 valence electrons. The van der Waals surface area contributed by atoms with Gasteiger partial charge in [0, 0.05) is 23.5 Å². The molecular formula is C27H31ClN4O2. The van der Waals surface area contributed by atoms with Gasteiger partial charge in [-0.05, 0) is 82.0 Å². The topological polar surface area (TPSA) is 67.4 Å². The summed E-state index contributed by atoms with van der Waals surface area (Å²) in [5, 5.41) is 5.22. The molecule has 7 heteroatoms. The first-order valence-electron chi connectivity index (χ1n) is 11.6. The minimum absolute atomic E-state index is 0.0242. The molecule has 2 aromatic carbocycles.